The van der Waals surface area contributed by atoms with Crippen LogP contribution >= 0.6 is 15.9 Å². The van der Waals surface area contributed by atoms with Gasteiger partial charge in [0.15, 0.2) is 0 Å². The van der Waals surface area contributed by atoms with E-state index in [1.54, 1.807) is 0 Å². The van der Waals surface area contributed by atoms with Crippen LogP contribution in [0.25, 0.3) is 0 Å². The number of ether oxygens (including phenoxy) is 1. The lowest BCUT2D eigenvalue weighted by Crippen LogP contribution is -2.71. The van der Waals surface area contributed by atoms with Gasteiger partial charge in [0.2, 0.25) is 5.91 Å². The second-order valence-corrected chi connectivity index (χ2v) is 9.31. The number of carbonyl (C=O) groups is 1. The van der Waals surface area contributed by atoms with Crippen molar-refractivity contribution in [3.05, 3.63) is 0 Å². The number of hydrogen-bond acceptors (Lipinski definition) is 4. The van der Waals surface area contributed by atoms with Gasteiger partial charge in [-0.25, -0.2) is 0 Å². The molecule has 2 heterocycles. The highest BCUT2D eigenvalue weighted by molar-refractivity contribution is 9.12. The van der Waals surface area contributed by atoms with E-state index in [0.29, 0.717) is 6.42 Å². The Morgan fingerprint density at radius 1 is 1.39 bits per heavy atom. The van der Waals surface area contributed by atoms with Crippen molar-refractivity contribution in [1.82, 2.24) is 5.32 Å². The third-order valence-corrected chi connectivity index (χ3v) is 7.42. The van der Waals surface area contributed by atoms with Crippen LogP contribution in [-0.4, -0.2) is 40.2 Å². The first-order valence-corrected chi connectivity index (χ1v) is 11.4. The summed E-state index contributed by atoms with van der Waals surface area (Å²) in [5.74, 6) is 2.82. The maximum atomic E-state index is 12.6. The minimum absolute atomic E-state index is 0.00692. The molecular weight excluding hydrogens is 422 g/mol. The fraction of sp³-hybridized carbons (Fsp3) is 0.864. The predicted octanol–water partition coefficient (Wildman–Crippen LogP) is 3.42. The zero-order valence-corrected chi connectivity index (χ0v) is 19.3. The quantitative estimate of drug-likeness (QED) is 0.533. The second kappa shape index (κ2) is 9.93. The SMILES string of the molecule is CC[C@H]1C[C@H](C)[C@@]2(NC1=O)O[C@@H](C[C@H](O)[C@@H](C)CCC#CBr)[C@H](C)[C@H](O)[C@@H]2C. The molecule has 6 heteroatoms. The normalized spacial score (nSPS) is 40.4. The number of nitrogens with one attached hydrogen (secondary N) is 1. The lowest BCUT2D eigenvalue weighted by molar-refractivity contribution is -0.267. The van der Waals surface area contributed by atoms with E-state index in [2.05, 4.69) is 38.9 Å². The monoisotopic (exact) mass is 457 g/mol. The third-order valence-electron chi connectivity index (χ3n) is 7.13. The van der Waals surface area contributed by atoms with Crippen molar-refractivity contribution < 1.29 is 19.7 Å². The average molecular weight is 458 g/mol. The molecule has 2 rings (SSSR count). The molecule has 2 aliphatic rings. The summed E-state index contributed by atoms with van der Waals surface area (Å²) < 4.78 is 6.54. The van der Waals surface area contributed by atoms with Gasteiger partial charge in [-0.3, -0.25) is 4.79 Å². The summed E-state index contributed by atoms with van der Waals surface area (Å²) in [6.07, 6.45) is 2.07. The first-order valence-electron chi connectivity index (χ1n) is 10.6. The molecule has 1 amide bonds. The van der Waals surface area contributed by atoms with Crippen molar-refractivity contribution in [1.29, 1.82) is 0 Å². The maximum absolute atomic E-state index is 12.6. The number of piperidine rings is 1. The largest absolute Gasteiger partial charge is 0.393 e. The summed E-state index contributed by atoms with van der Waals surface area (Å²) in [4.78, 5) is 15.3. The van der Waals surface area contributed by atoms with Crippen molar-refractivity contribution in [3.63, 3.8) is 0 Å². The highest BCUT2D eigenvalue weighted by Gasteiger charge is 2.57. The van der Waals surface area contributed by atoms with Crippen LogP contribution in [0, 0.1) is 40.3 Å². The summed E-state index contributed by atoms with van der Waals surface area (Å²) in [6, 6.07) is 0. The second-order valence-electron chi connectivity index (χ2n) is 8.91. The molecule has 0 unspecified atom stereocenters. The molecule has 0 aliphatic carbocycles. The molecule has 0 aromatic heterocycles. The minimum atomic E-state index is -0.871. The fourth-order valence-electron chi connectivity index (χ4n) is 4.85. The molecule has 5 nitrogen and oxygen atoms in total. The maximum Gasteiger partial charge on any atom is 0.225 e. The van der Waals surface area contributed by atoms with Crippen LogP contribution in [0.15, 0.2) is 0 Å². The van der Waals surface area contributed by atoms with Crippen molar-refractivity contribution >= 4 is 21.8 Å². The van der Waals surface area contributed by atoms with E-state index in [4.69, 9.17) is 4.74 Å². The van der Waals surface area contributed by atoms with Crippen LogP contribution in [-0.2, 0) is 9.53 Å². The molecule has 2 aliphatic heterocycles. The molecule has 160 valence electrons. The van der Waals surface area contributed by atoms with Crippen LogP contribution < -0.4 is 5.32 Å². The standard InChI is InChI=1S/C22H36BrNO4/c1-6-17-11-14(3)22(24-21(17)27)16(5)20(26)15(4)19(28-22)12-18(25)13(2)9-7-8-10-23/h13-20,25-26H,6-7,9,11-12H2,1-5H3,(H,24,27)/t13-,14-,15-,16-,17-,18-,19-,20-,22+/m0/s1. The van der Waals surface area contributed by atoms with Gasteiger partial charge in [0.1, 0.15) is 5.72 Å². The van der Waals surface area contributed by atoms with Gasteiger partial charge in [0.05, 0.1) is 18.3 Å². The number of aliphatic hydroxyl groups excluding tert-OH is 2. The van der Waals surface area contributed by atoms with E-state index in [-0.39, 0.29) is 41.6 Å². The number of aliphatic hydroxyl groups is 2. The predicted molar refractivity (Wildman–Crippen MR) is 113 cm³/mol. The molecule has 0 radical (unpaired) electrons. The highest BCUT2D eigenvalue weighted by atomic mass is 79.9. The summed E-state index contributed by atoms with van der Waals surface area (Å²) in [6.45, 7) is 10.1. The van der Waals surface area contributed by atoms with E-state index in [0.717, 1.165) is 25.7 Å². The molecule has 0 aromatic rings. The van der Waals surface area contributed by atoms with Gasteiger partial charge in [-0.15, -0.1) is 0 Å². The molecule has 0 saturated carbocycles. The number of carbonyl (C=O) groups excluding carboxylic acids is 1. The molecular formula is C22H36BrNO4. The number of amides is 1. The van der Waals surface area contributed by atoms with E-state index in [9.17, 15) is 15.0 Å². The molecule has 1 spiro atoms. The van der Waals surface area contributed by atoms with Crippen LogP contribution in [0.4, 0.5) is 0 Å². The van der Waals surface area contributed by atoms with Crippen LogP contribution in [0.5, 0.6) is 0 Å². The summed E-state index contributed by atoms with van der Waals surface area (Å²) in [5.41, 5.74) is -0.871. The Kier molecular flexibility index (Phi) is 8.39. The summed E-state index contributed by atoms with van der Waals surface area (Å²) in [7, 11) is 0. The number of hydrogen-bond donors (Lipinski definition) is 3. The van der Waals surface area contributed by atoms with Gasteiger partial charge >= 0.3 is 0 Å². The van der Waals surface area contributed by atoms with Gasteiger partial charge in [-0.2, -0.15) is 0 Å². The third kappa shape index (κ3) is 4.75. The van der Waals surface area contributed by atoms with Gasteiger partial charge in [0.25, 0.3) is 0 Å². The summed E-state index contributed by atoms with van der Waals surface area (Å²) in [5, 5.41) is 24.8. The zero-order valence-electron chi connectivity index (χ0n) is 17.7. The first kappa shape index (κ1) is 23.7. The smallest absolute Gasteiger partial charge is 0.225 e. The van der Waals surface area contributed by atoms with Gasteiger partial charge in [-0.05, 0) is 30.0 Å². The first-order chi connectivity index (χ1) is 13.2. The van der Waals surface area contributed by atoms with Crippen molar-refractivity contribution in [2.45, 2.75) is 90.8 Å². The van der Waals surface area contributed by atoms with Crippen molar-refractivity contribution in [3.8, 4) is 10.8 Å². The molecule has 28 heavy (non-hydrogen) atoms. The van der Waals surface area contributed by atoms with Crippen LogP contribution in [0.2, 0.25) is 0 Å². The van der Waals surface area contributed by atoms with E-state index < -0.39 is 17.9 Å². The highest BCUT2D eigenvalue weighted by Crippen LogP contribution is 2.46. The number of rotatable bonds is 6. The van der Waals surface area contributed by atoms with Gasteiger partial charge < -0.3 is 20.3 Å². The minimum Gasteiger partial charge on any atom is -0.393 e. The fourth-order valence-corrected chi connectivity index (χ4v) is 5.05. The lowest BCUT2D eigenvalue weighted by atomic mass is 9.69. The Morgan fingerprint density at radius 2 is 2.07 bits per heavy atom. The van der Waals surface area contributed by atoms with E-state index >= 15 is 0 Å². The Bertz CT molecular complexity index is 603. The average Bonchev–Trinajstić information content (AvgIpc) is 2.66. The molecule has 2 fully saturated rings. The Morgan fingerprint density at radius 3 is 2.68 bits per heavy atom. The van der Waals surface area contributed by atoms with Crippen molar-refractivity contribution in [2.75, 3.05) is 0 Å². The molecule has 0 aromatic carbocycles. The summed E-state index contributed by atoms with van der Waals surface area (Å²) >= 11 is 3.09. The molecule has 0 bridgehead atoms. The Balaban J connectivity index is 2.15. The van der Waals surface area contributed by atoms with Gasteiger partial charge in [0, 0.05) is 52.4 Å². The number of halogens is 1. The lowest BCUT2D eigenvalue weighted by Gasteiger charge is -2.56. The zero-order chi connectivity index (χ0) is 21.1. The molecule has 2 saturated heterocycles. The Hall–Kier alpha value is -0.610. The molecule has 9 atom stereocenters. The topological polar surface area (TPSA) is 78.8 Å². The van der Waals surface area contributed by atoms with E-state index in [1.165, 1.54) is 0 Å². The van der Waals surface area contributed by atoms with Gasteiger partial charge in [-0.1, -0.05) is 40.5 Å². The Labute approximate surface area is 178 Å². The van der Waals surface area contributed by atoms with Crippen LogP contribution in [0.1, 0.15) is 66.7 Å². The van der Waals surface area contributed by atoms with Crippen LogP contribution in [0.3, 0.4) is 0 Å². The van der Waals surface area contributed by atoms with Crippen molar-refractivity contribution in [2.24, 2.45) is 29.6 Å². The van der Waals surface area contributed by atoms with E-state index in [1.807, 2.05) is 27.7 Å². The molecule has 3 N–H and O–H groups in total.